The fourth-order valence-electron chi connectivity index (χ4n) is 6.34. The number of ether oxygens (including phenoxy) is 5. The van der Waals surface area contributed by atoms with Crippen molar-refractivity contribution in [1.29, 1.82) is 0 Å². The molecular formula is C39H46N2O7. The number of hydrogen-bond donors (Lipinski definition) is 1. The van der Waals surface area contributed by atoms with E-state index in [1.54, 1.807) is 0 Å². The van der Waals surface area contributed by atoms with Gasteiger partial charge in [-0.3, -0.25) is 4.90 Å². The van der Waals surface area contributed by atoms with Crippen LogP contribution >= 0.6 is 0 Å². The van der Waals surface area contributed by atoms with E-state index in [0.29, 0.717) is 52.5 Å². The maximum atomic E-state index is 11.8. The highest BCUT2D eigenvalue weighted by molar-refractivity contribution is 5.84. The first-order chi connectivity index (χ1) is 23.6. The van der Waals surface area contributed by atoms with Crippen molar-refractivity contribution in [1.82, 2.24) is 9.80 Å². The van der Waals surface area contributed by atoms with E-state index in [4.69, 9.17) is 23.7 Å². The molecular weight excluding hydrogens is 608 g/mol. The van der Waals surface area contributed by atoms with Crippen LogP contribution < -0.4 is 9.47 Å². The maximum Gasteiger partial charge on any atom is 0.407 e. The Hall–Kier alpha value is -4.15. The summed E-state index contributed by atoms with van der Waals surface area (Å²) in [5, 5.41) is 11.9. The summed E-state index contributed by atoms with van der Waals surface area (Å²) in [6.07, 6.45) is 0.327. The fourth-order valence-corrected chi connectivity index (χ4v) is 6.34. The van der Waals surface area contributed by atoms with Gasteiger partial charge < -0.3 is 33.7 Å². The lowest BCUT2D eigenvalue weighted by molar-refractivity contribution is -0.0199. The molecule has 2 heterocycles. The van der Waals surface area contributed by atoms with Crippen molar-refractivity contribution in [2.45, 2.75) is 38.1 Å². The molecule has 1 amide bonds. The Balaban J connectivity index is 0.997. The molecule has 6 rings (SSSR count). The lowest BCUT2D eigenvalue weighted by atomic mass is 9.87. The van der Waals surface area contributed by atoms with Crippen LogP contribution in [0.5, 0.6) is 11.5 Å². The molecule has 2 unspecified atom stereocenters. The van der Waals surface area contributed by atoms with E-state index in [1.807, 2.05) is 36.4 Å². The van der Waals surface area contributed by atoms with Gasteiger partial charge in [-0.25, -0.2) is 4.79 Å². The number of likely N-dealkylation sites (tertiary alicyclic amines) is 1. The van der Waals surface area contributed by atoms with Gasteiger partial charge >= 0.3 is 6.09 Å². The van der Waals surface area contributed by atoms with Gasteiger partial charge in [-0.15, -0.1) is 0 Å². The van der Waals surface area contributed by atoms with Gasteiger partial charge in [0, 0.05) is 38.5 Å². The van der Waals surface area contributed by atoms with E-state index in [0.717, 1.165) is 78.2 Å². The Morgan fingerprint density at radius 3 is 2.33 bits per heavy atom. The predicted molar refractivity (Wildman–Crippen MR) is 185 cm³/mol. The average molecular weight is 655 g/mol. The second-order valence-electron chi connectivity index (χ2n) is 12.4. The molecule has 2 aliphatic rings. The van der Waals surface area contributed by atoms with E-state index in [2.05, 4.69) is 59.5 Å². The Kier molecular flexibility index (Phi) is 12.2. The molecule has 9 heteroatoms. The van der Waals surface area contributed by atoms with Gasteiger partial charge in [-0.2, -0.15) is 0 Å². The largest absolute Gasteiger partial charge is 0.494 e. The fraction of sp³-hybridized carbons (Fsp3) is 0.410. The van der Waals surface area contributed by atoms with Gasteiger partial charge in [0.25, 0.3) is 0 Å². The molecule has 0 radical (unpaired) electrons. The summed E-state index contributed by atoms with van der Waals surface area (Å²) < 4.78 is 29.6. The summed E-state index contributed by atoms with van der Waals surface area (Å²) in [4.78, 5) is 15.7. The summed E-state index contributed by atoms with van der Waals surface area (Å²) >= 11 is 0. The zero-order valence-electron chi connectivity index (χ0n) is 27.5. The SMILES string of the molecule is O=C(O)N1CCC(c2ccc(OCCCOCc3ccccc3)cc2)C(OCc2ccc3cc(OCCN4CCOCC4)ccc3c2)C1. The third kappa shape index (κ3) is 9.70. The molecule has 2 fully saturated rings. The topological polar surface area (TPSA) is 89.9 Å². The van der Waals surface area contributed by atoms with E-state index in [-0.39, 0.29) is 12.0 Å². The van der Waals surface area contributed by atoms with Crippen molar-refractivity contribution in [3.63, 3.8) is 0 Å². The van der Waals surface area contributed by atoms with Gasteiger partial charge in [0.1, 0.15) is 18.1 Å². The number of morpholine rings is 1. The van der Waals surface area contributed by atoms with E-state index < -0.39 is 6.09 Å². The Labute approximate surface area is 282 Å². The number of carboxylic acid groups (broad SMARTS) is 1. The number of rotatable bonds is 15. The van der Waals surface area contributed by atoms with Crippen molar-refractivity contribution < 1.29 is 33.6 Å². The Morgan fingerprint density at radius 2 is 1.52 bits per heavy atom. The molecule has 9 nitrogen and oxygen atoms in total. The molecule has 0 aliphatic carbocycles. The van der Waals surface area contributed by atoms with Gasteiger partial charge in [0.2, 0.25) is 0 Å². The van der Waals surface area contributed by atoms with Crippen LogP contribution in [-0.2, 0) is 27.4 Å². The first-order valence-electron chi connectivity index (χ1n) is 17.0. The standard InChI is InChI=1S/C39H46N2O7/c42-39(43)41-16-15-37(32-9-12-35(13-10-32)46-21-4-20-45-28-30-5-2-1-3-6-30)38(27-41)48-29-31-7-8-34-26-36(14-11-33(34)25-31)47-24-19-40-17-22-44-23-18-40/h1-3,5-14,25-26,37-38H,4,15-24,27-29H2,(H,42,43). The van der Waals surface area contributed by atoms with Crippen LogP contribution in [0.1, 0.15) is 35.4 Å². The van der Waals surface area contributed by atoms with Crippen molar-refractivity contribution in [2.24, 2.45) is 0 Å². The van der Waals surface area contributed by atoms with Crippen molar-refractivity contribution in [2.75, 3.05) is 65.8 Å². The number of piperidine rings is 1. The van der Waals surface area contributed by atoms with Crippen LogP contribution in [0.4, 0.5) is 4.79 Å². The quantitative estimate of drug-likeness (QED) is 0.144. The molecule has 2 atom stereocenters. The summed E-state index contributed by atoms with van der Waals surface area (Å²) in [5.74, 6) is 1.76. The van der Waals surface area contributed by atoms with Crippen molar-refractivity contribution in [3.05, 3.63) is 108 Å². The number of benzene rings is 4. The summed E-state index contributed by atoms with van der Waals surface area (Å²) in [6.45, 7) is 8.05. The number of hydrogen-bond acceptors (Lipinski definition) is 7. The van der Waals surface area contributed by atoms with E-state index in [1.165, 1.54) is 4.90 Å². The summed E-state index contributed by atoms with van der Waals surface area (Å²) in [5.41, 5.74) is 3.34. The highest BCUT2D eigenvalue weighted by Gasteiger charge is 2.33. The lowest BCUT2D eigenvalue weighted by Gasteiger charge is -2.37. The van der Waals surface area contributed by atoms with E-state index >= 15 is 0 Å². The Morgan fingerprint density at radius 1 is 0.771 bits per heavy atom. The highest BCUT2D eigenvalue weighted by Crippen LogP contribution is 2.33. The van der Waals surface area contributed by atoms with Gasteiger partial charge in [-0.1, -0.05) is 60.7 Å². The molecule has 0 bridgehead atoms. The van der Waals surface area contributed by atoms with Crippen molar-refractivity contribution in [3.8, 4) is 11.5 Å². The molecule has 0 saturated carbocycles. The summed E-state index contributed by atoms with van der Waals surface area (Å²) in [6, 6.07) is 30.8. The Bertz CT molecular complexity index is 1580. The van der Waals surface area contributed by atoms with Gasteiger partial charge in [-0.05, 0) is 64.2 Å². The zero-order valence-corrected chi connectivity index (χ0v) is 27.5. The monoisotopic (exact) mass is 654 g/mol. The minimum absolute atomic E-state index is 0.0821. The number of amides is 1. The van der Waals surface area contributed by atoms with Crippen LogP contribution in [0, 0.1) is 0 Å². The van der Waals surface area contributed by atoms with Crippen LogP contribution in [0.25, 0.3) is 10.8 Å². The predicted octanol–water partition coefficient (Wildman–Crippen LogP) is 6.59. The highest BCUT2D eigenvalue weighted by atomic mass is 16.5. The van der Waals surface area contributed by atoms with E-state index in [9.17, 15) is 9.90 Å². The summed E-state index contributed by atoms with van der Waals surface area (Å²) in [7, 11) is 0. The third-order valence-electron chi connectivity index (χ3n) is 9.07. The second kappa shape index (κ2) is 17.3. The molecule has 4 aromatic carbocycles. The minimum atomic E-state index is -0.910. The average Bonchev–Trinajstić information content (AvgIpc) is 3.13. The normalized spacial score (nSPS) is 18.5. The lowest BCUT2D eigenvalue weighted by Crippen LogP contribution is -2.46. The first kappa shape index (κ1) is 33.7. The third-order valence-corrected chi connectivity index (χ3v) is 9.07. The molecule has 2 aliphatic heterocycles. The molecule has 1 N–H and O–H groups in total. The minimum Gasteiger partial charge on any atom is -0.494 e. The molecule has 0 spiro atoms. The molecule has 4 aromatic rings. The van der Waals surface area contributed by atoms with Crippen LogP contribution in [-0.4, -0.2) is 92.9 Å². The van der Waals surface area contributed by atoms with Crippen LogP contribution in [0.2, 0.25) is 0 Å². The zero-order chi connectivity index (χ0) is 33.0. The molecule has 254 valence electrons. The second-order valence-corrected chi connectivity index (χ2v) is 12.4. The number of carbonyl (C=O) groups is 1. The molecule has 0 aromatic heterocycles. The van der Waals surface area contributed by atoms with Crippen molar-refractivity contribution >= 4 is 16.9 Å². The maximum absolute atomic E-state index is 11.8. The van der Waals surface area contributed by atoms with Crippen LogP contribution in [0.15, 0.2) is 91.0 Å². The number of fused-ring (bicyclic) bond motifs is 1. The van der Waals surface area contributed by atoms with Gasteiger partial charge in [0.05, 0.1) is 52.3 Å². The smallest absolute Gasteiger partial charge is 0.407 e. The first-order valence-corrected chi connectivity index (χ1v) is 17.0. The number of nitrogens with zero attached hydrogens (tertiary/aromatic N) is 2. The van der Waals surface area contributed by atoms with Crippen LogP contribution in [0.3, 0.4) is 0 Å². The molecule has 2 saturated heterocycles. The van der Waals surface area contributed by atoms with Gasteiger partial charge in [0.15, 0.2) is 0 Å². The molecule has 48 heavy (non-hydrogen) atoms.